The van der Waals surface area contributed by atoms with Crippen molar-refractivity contribution in [3.05, 3.63) is 65.2 Å². The fourth-order valence-corrected chi connectivity index (χ4v) is 2.78. The second-order valence-electron chi connectivity index (χ2n) is 5.89. The lowest BCUT2D eigenvalue weighted by Gasteiger charge is -2.16. The molecule has 1 heterocycles. The number of hydrogen-bond donors (Lipinski definition) is 0. The van der Waals surface area contributed by atoms with Gasteiger partial charge in [-0.05, 0) is 36.8 Å². The van der Waals surface area contributed by atoms with E-state index in [0.717, 1.165) is 6.42 Å². The van der Waals surface area contributed by atoms with E-state index in [2.05, 4.69) is 0 Å². The number of ketones is 1. The number of benzene rings is 2. The Morgan fingerprint density at radius 2 is 1.88 bits per heavy atom. The minimum Gasteiger partial charge on any atom is -0.454 e. The highest BCUT2D eigenvalue weighted by Gasteiger charge is 2.22. The molecule has 6 heteroatoms. The first-order valence-electron chi connectivity index (χ1n) is 8.19. The molecule has 0 aliphatic carbocycles. The molecule has 1 aliphatic heterocycles. The van der Waals surface area contributed by atoms with Crippen molar-refractivity contribution in [1.82, 2.24) is 0 Å². The third kappa shape index (κ3) is 3.78. The van der Waals surface area contributed by atoms with Gasteiger partial charge in [-0.2, -0.15) is 5.26 Å². The van der Waals surface area contributed by atoms with E-state index in [1.807, 2.05) is 6.07 Å². The smallest absolute Gasteiger partial charge is 0.338 e. The number of nitriles is 1. The van der Waals surface area contributed by atoms with Crippen LogP contribution in [0.3, 0.4) is 0 Å². The van der Waals surface area contributed by atoms with E-state index in [1.54, 1.807) is 41.3 Å². The summed E-state index contributed by atoms with van der Waals surface area (Å²) in [6.07, 6.45) is 1.31. The Morgan fingerprint density at radius 3 is 2.62 bits per heavy atom. The Bertz CT molecular complexity index is 914. The van der Waals surface area contributed by atoms with Crippen molar-refractivity contribution in [3.8, 4) is 6.07 Å². The van der Waals surface area contributed by atoms with Gasteiger partial charge >= 0.3 is 5.97 Å². The average Bonchev–Trinajstić information content (AvgIpc) is 3.12. The van der Waals surface area contributed by atoms with Crippen molar-refractivity contribution in [2.24, 2.45) is 0 Å². The average molecular weight is 348 g/mol. The van der Waals surface area contributed by atoms with Gasteiger partial charge in [0.2, 0.25) is 5.91 Å². The van der Waals surface area contributed by atoms with Crippen molar-refractivity contribution < 1.29 is 19.1 Å². The van der Waals surface area contributed by atoms with Crippen LogP contribution in [0.5, 0.6) is 0 Å². The number of Topliss-reactive ketones (excluding diaryl/α,β-unsaturated/α-hetero) is 1. The topological polar surface area (TPSA) is 87.5 Å². The molecule has 0 bridgehead atoms. The van der Waals surface area contributed by atoms with Gasteiger partial charge in [-0.1, -0.05) is 18.2 Å². The summed E-state index contributed by atoms with van der Waals surface area (Å²) in [5.41, 5.74) is 1.61. The number of nitrogens with zero attached hydrogens (tertiary/aromatic N) is 2. The quantitative estimate of drug-likeness (QED) is 0.612. The predicted molar refractivity (Wildman–Crippen MR) is 93.8 cm³/mol. The van der Waals surface area contributed by atoms with Crippen molar-refractivity contribution in [3.63, 3.8) is 0 Å². The molecule has 1 fully saturated rings. The minimum absolute atomic E-state index is 0.0402. The zero-order valence-corrected chi connectivity index (χ0v) is 14.0. The van der Waals surface area contributed by atoms with Crippen LogP contribution in [0.15, 0.2) is 48.5 Å². The number of amides is 1. The van der Waals surface area contributed by atoms with Gasteiger partial charge in [0.1, 0.15) is 0 Å². The van der Waals surface area contributed by atoms with Crippen LogP contribution in [0.2, 0.25) is 0 Å². The predicted octanol–water partition coefficient (Wildman–Crippen LogP) is 2.72. The largest absolute Gasteiger partial charge is 0.454 e. The van der Waals surface area contributed by atoms with E-state index in [9.17, 15) is 14.4 Å². The Kier molecular flexibility index (Phi) is 5.09. The minimum atomic E-state index is -0.665. The molecule has 0 aromatic heterocycles. The van der Waals surface area contributed by atoms with Crippen LogP contribution in [0.4, 0.5) is 5.69 Å². The first kappa shape index (κ1) is 17.4. The molecule has 6 nitrogen and oxygen atoms in total. The Hall–Kier alpha value is -3.46. The number of ether oxygens (including phenoxy) is 1. The van der Waals surface area contributed by atoms with Gasteiger partial charge < -0.3 is 9.64 Å². The van der Waals surface area contributed by atoms with Crippen LogP contribution in [0, 0.1) is 11.3 Å². The van der Waals surface area contributed by atoms with Crippen LogP contribution in [0.25, 0.3) is 0 Å². The van der Waals surface area contributed by atoms with Crippen LogP contribution in [0.1, 0.15) is 39.1 Å². The number of hydrogen-bond acceptors (Lipinski definition) is 5. The molecular formula is C20H16N2O4. The van der Waals surface area contributed by atoms with Gasteiger partial charge in [0.05, 0.1) is 17.2 Å². The molecule has 0 radical (unpaired) electrons. The van der Waals surface area contributed by atoms with Gasteiger partial charge in [0.25, 0.3) is 0 Å². The van der Waals surface area contributed by atoms with E-state index in [0.29, 0.717) is 29.8 Å². The fraction of sp³-hybridized carbons (Fsp3) is 0.200. The highest BCUT2D eigenvalue weighted by molar-refractivity contribution is 6.01. The van der Waals surface area contributed by atoms with Crippen LogP contribution in [-0.2, 0) is 9.53 Å². The second-order valence-corrected chi connectivity index (χ2v) is 5.89. The lowest BCUT2D eigenvalue weighted by atomic mass is 10.1. The molecule has 0 spiro atoms. The molecule has 1 amide bonds. The molecule has 1 aliphatic rings. The Labute approximate surface area is 150 Å². The Balaban J connectivity index is 1.66. The van der Waals surface area contributed by atoms with Crippen LogP contribution < -0.4 is 4.90 Å². The maximum absolute atomic E-state index is 12.3. The maximum atomic E-state index is 12.3. The summed E-state index contributed by atoms with van der Waals surface area (Å²) in [6, 6.07) is 14.8. The molecule has 0 atom stereocenters. The molecule has 2 aromatic rings. The third-order valence-corrected chi connectivity index (χ3v) is 4.11. The summed E-state index contributed by atoms with van der Waals surface area (Å²) >= 11 is 0. The molecule has 3 rings (SSSR count). The second kappa shape index (κ2) is 7.62. The van der Waals surface area contributed by atoms with Gasteiger partial charge in [-0.3, -0.25) is 9.59 Å². The van der Waals surface area contributed by atoms with E-state index in [-0.39, 0.29) is 17.3 Å². The lowest BCUT2D eigenvalue weighted by molar-refractivity contribution is -0.117. The summed E-state index contributed by atoms with van der Waals surface area (Å²) in [7, 11) is 0. The Morgan fingerprint density at radius 1 is 1.12 bits per heavy atom. The number of anilines is 1. The third-order valence-electron chi connectivity index (χ3n) is 4.11. The summed E-state index contributed by atoms with van der Waals surface area (Å²) in [5.74, 6) is -0.983. The summed E-state index contributed by atoms with van der Waals surface area (Å²) in [5, 5.41) is 8.86. The van der Waals surface area contributed by atoms with Gasteiger partial charge in [-0.15, -0.1) is 0 Å². The van der Waals surface area contributed by atoms with Gasteiger partial charge in [-0.25, -0.2) is 4.79 Å². The number of carbonyl (C=O) groups excluding carboxylic acids is 3. The van der Waals surface area contributed by atoms with Crippen LogP contribution >= 0.6 is 0 Å². The van der Waals surface area contributed by atoms with E-state index in [4.69, 9.17) is 10.00 Å². The maximum Gasteiger partial charge on any atom is 0.338 e. The molecule has 2 aromatic carbocycles. The fourth-order valence-electron chi connectivity index (χ4n) is 2.78. The number of rotatable bonds is 5. The molecule has 26 heavy (non-hydrogen) atoms. The van der Waals surface area contributed by atoms with E-state index >= 15 is 0 Å². The summed E-state index contributed by atoms with van der Waals surface area (Å²) < 4.78 is 5.05. The monoisotopic (exact) mass is 348 g/mol. The lowest BCUT2D eigenvalue weighted by Crippen LogP contribution is -2.24. The number of esters is 1. The van der Waals surface area contributed by atoms with Gasteiger partial charge in [0, 0.05) is 24.2 Å². The van der Waals surface area contributed by atoms with Crippen molar-refractivity contribution >= 4 is 23.3 Å². The highest BCUT2D eigenvalue weighted by Crippen LogP contribution is 2.22. The van der Waals surface area contributed by atoms with Gasteiger partial charge in [0.15, 0.2) is 12.4 Å². The van der Waals surface area contributed by atoms with E-state index < -0.39 is 12.6 Å². The van der Waals surface area contributed by atoms with Crippen molar-refractivity contribution in [1.29, 1.82) is 5.26 Å². The first-order valence-corrected chi connectivity index (χ1v) is 8.19. The van der Waals surface area contributed by atoms with E-state index in [1.165, 1.54) is 12.1 Å². The summed E-state index contributed by atoms with van der Waals surface area (Å²) in [4.78, 5) is 37.8. The molecule has 0 unspecified atom stereocenters. The number of carbonyl (C=O) groups is 3. The standard InChI is InChI=1S/C20H16N2O4/c21-12-14-4-1-6-16(10-14)20(25)26-13-18(23)15-5-2-7-17(11-15)22-9-3-8-19(22)24/h1-2,4-7,10-11H,3,8-9,13H2. The highest BCUT2D eigenvalue weighted by atomic mass is 16.5. The zero-order chi connectivity index (χ0) is 18.5. The molecular weight excluding hydrogens is 332 g/mol. The normalized spacial score (nSPS) is 13.3. The van der Waals surface area contributed by atoms with Crippen molar-refractivity contribution in [2.45, 2.75) is 12.8 Å². The molecule has 130 valence electrons. The molecule has 0 saturated carbocycles. The zero-order valence-electron chi connectivity index (χ0n) is 14.0. The summed E-state index contributed by atoms with van der Waals surface area (Å²) in [6.45, 7) is 0.230. The molecule has 1 saturated heterocycles. The first-order chi connectivity index (χ1) is 12.6. The van der Waals surface area contributed by atoms with Crippen molar-refractivity contribution in [2.75, 3.05) is 18.1 Å². The SMILES string of the molecule is N#Cc1cccc(C(=O)OCC(=O)c2cccc(N3CCCC3=O)c2)c1. The van der Waals surface area contributed by atoms with Crippen LogP contribution in [-0.4, -0.2) is 30.8 Å². The molecule has 0 N–H and O–H groups in total.